The predicted octanol–water partition coefficient (Wildman–Crippen LogP) is 4.06. The average Bonchev–Trinajstić information content (AvgIpc) is 2.72. The van der Waals surface area contributed by atoms with Crippen molar-refractivity contribution in [1.29, 1.82) is 0 Å². The van der Waals surface area contributed by atoms with Gasteiger partial charge in [0.1, 0.15) is 5.75 Å². The summed E-state index contributed by atoms with van der Waals surface area (Å²) in [7, 11) is 3.92. The van der Waals surface area contributed by atoms with Crippen LogP contribution >= 0.6 is 0 Å². The van der Waals surface area contributed by atoms with Crippen LogP contribution in [0.15, 0.2) is 49.0 Å². The molecule has 1 aliphatic heterocycles. The highest BCUT2D eigenvalue weighted by molar-refractivity contribution is 5.99. The number of anilines is 2. The monoisotopic (exact) mass is 436 g/mol. The van der Waals surface area contributed by atoms with Crippen molar-refractivity contribution >= 4 is 28.9 Å². The van der Waals surface area contributed by atoms with E-state index in [9.17, 15) is 9.59 Å². The highest BCUT2D eigenvalue weighted by Gasteiger charge is 2.27. The number of benzene rings is 2. The summed E-state index contributed by atoms with van der Waals surface area (Å²) in [6.45, 7) is 11.1. The van der Waals surface area contributed by atoms with Crippen molar-refractivity contribution in [3.8, 4) is 5.75 Å². The van der Waals surface area contributed by atoms with Crippen molar-refractivity contribution in [1.82, 2.24) is 10.2 Å². The van der Waals surface area contributed by atoms with E-state index in [1.54, 1.807) is 23.1 Å². The van der Waals surface area contributed by atoms with Crippen LogP contribution in [0.2, 0.25) is 0 Å². The number of allylic oxidation sites excluding steroid dienone is 1. The lowest BCUT2D eigenvalue weighted by atomic mass is 9.92. The Hall–Kier alpha value is -3.32. The van der Waals surface area contributed by atoms with E-state index in [-0.39, 0.29) is 18.5 Å². The fourth-order valence-electron chi connectivity index (χ4n) is 3.52. The maximum Gasteiger partial charge on any atom is 0.319 e. The van der Waals surface area contributed by atoms with Gasteiger partial charge in [-0.15, -0.1) is 0 Å². The summed E-state index contributed by atoms with van der Waals surface area (Å²) in [5.41, 5.74) is 3.63. The molecule has 0 atom stereocenters. The number of rotatable bonds is 7. The van der Waals surface area contributed by atoms with Gasteiger partial charge in [-0.25, -0.2) is 4.79 Å². The highest BCUT2D eigenvalue weighted by atomic mass is 16.5. The Morgan fingerprint density at radius 3 is 2.66 bits per heavy atom. The van der Waals surface area contributed by atoms with E-state index in [1.165, 1.54) is 0 Å². The van der Waals surface area contributed by atoms with Crippen molar-refractivity contribution in [2.45, 2.75) is 26.3 Å². The minimum absolute atomic E-state index is 0.0190. The molecular formula is C25H32N4O3. The average molecular weight is 437 g/mol. The molecule has 3 amide bonds. The number of hydrogen-bond acceptors (Lipinski definition) is 4. The Balaban J connectivity index is 1.75. The predicted molar refractivity (Wildman–Crippen MR) is 129 cm³/mol. The molecule has 2 N–H and O–H groups in total. The number of fused-ring (bicyclic) bond motifs is 1. The molecule has 1 heterocycles. The molecular weight excluding hydrogens is 404 g/mol. The van der Waals surface area contributed by atoms with Crippen molar-refractivity contribution in [2.24, 2.45) is 0 Å². The number of amides is 3. The summed E-state index contributed by atoms with van der Waals surface area (Å²) in [6.07, 6.45) is 0. The molecule has 0 aliphatic carbocycles. The van der Waals surface area contributed by atoms with Gasteiger partial charge in [0.25, 0.3) is 5.91 Å². The molecule has 7 heteroatoms. The van der Waals surface area contributed by atoms with Gasteiger partial charge in [0.05, 0.1) is 11.2 Å². The van der Waals surface area contributed by atoms with Gasteiger partial charge < -0.3 is 25.2 Å². The lowest BCUT2D eigenvalue weighted by molar-refractivity contribution is -0.121. The first-order chi connectivity index (χ1) is 15.1. The number of carbonyl (C=O) groups is 2. The zero-order chi connectivity index (χ0) is 23.5. The minimum Gasteiger partial charge on any atom is -0.482 e. The topological polar surface area (TPSA) is 73.9 Å². The smallest absolute Gasteiger partial charge is 0.319 e. The Bertz CT molecular complexity index is 1030. The van der Waals surface area contributed by atoms with Crippen molar-refractivity contribution < 1.29 is 14.3 Å². The SMILES string of the molecule is C=C(C)c1cccc(C(C)(C)NC(=O)Nc2ccc3c(c2)N(CCN(C)C)C(=O)CO3)c1. The summed E-state index contributed by atoms with van der Waals surface area (Å²) in [5, 5.41) is 5.91. The lowest BCUT2D eigenvalue weighted by Gasteiger charge is -2.31. The number of likely N-dealkylation sites (N-methyl/N-ethyl adjacent to an activating group) is 1. The van der Waals surface area contributed by atoms with Crippen LogP contribution in [0, 0.1) is 0 Å². The molecule has 0 fully saturated rings. The summed E-state index contributed by atoms with van der Waals surface area (Å²) < 4.78 is 5.56. The molecule has 170 valence electrons. The Labute approximate surface area is 190 Å². The molecule has 3 rings (SSSR count). The molecule has 0 saturated carbocycles. The molecule has 0 aromatic heterocycles. The fourth-order valence-corrected chi connectivity index (χ4v) is 3.52. The third kappa shape index (κ3) is 5.48. The summed E-state index contributed by atoms with van der Waals surface area (Å²) in [4.78, 5) is 28.9. The second kappa shape index (κ2) is 9.44. The molecule has 0 unspecified atom stereocenters. The normalized spacial score (nSPS) is 13.4. The third-order valence-corrected chi connectivity index (χ3v) is 5.43. The van der Waals surface area contributed by atoms with E-state index >= 15 is 0 Å². The molecule has 32 heavy (non-hydrogen) atoms. The number of carbonyl (C=O) groups excluding carboxylic acids is 2. The number of ether oxygens (including phenoxy) is 1. The first kappa shape index (κ1) is 23.3. The second-order valence-electron chi connectivity index (χ2n) is 8.89. The van der Waals surface area contributed by atoms with Crippen LogP contribution in [0.1, 0.15) is 31.9 Å². The molecule has 0 spiro atoms. The summed E-state index contributed by atoms with van der Waals surface area (Å²) in [6, 6.07) is 13.0. The fraction of sp³-hybridized carbons (Fsp3) is 0.360. The number of hydrogen-bond donors (Lipinski definition) is 2. The summed E-state index contributed by atoms with van der Waals surface area (Å²) in [5.74, 6) is 0.533. The number of nitrogens with one attached hydrogen (secondary N) is 2. The van der Waals surface area contributed by atoms with Gasteiger partial charge in [0.15, 0.2) is 6.61 Å². The van der Waals surface area contributed by atoms with Gasteiger partial charge in [-0.1, -0.05) is 30.4 Å². The lowest BCUT2D eigenvalue weighted by Crippen LogP contribution is -2.43. The van der Waals surface area contributed by atoms with E-state index in [0.717, 1.165) is 23.2 Å². The van der Waals surface area contributed by atoms with Crippen LogP contribution in [-0.2, 0) is 10.3 Å². The van der Waals surface area contributed by atoms with Crippen LogP contribution in [0.3, 0.4) is 0 Å². The van der Waals surface area contributed by atoms with Gasteiger partial charge in [-0.05, 0) is 70.3 Å². The molecule has 7 nitrogen and oxygen atoms in total. The van der Waals surface area contributed by atoms with Gasteiger partial charge in [0.2, 0.25) is 0 Å². The molecule has 2 aromatic rings. The number of urea groups is 1. The molecule has 0 radical (unpaired) electrons. The van der Waals surface area contributed by atoms with Crippen molar-refractivity contribution in [3.05, 3.63) is 60.2 Å². The van der Waals surface area contributed by atoms with Crippen LogP contribution in [-0.4, -0.2) is 50.6 Å². The largest absolute Gasteiger partial charge is 0.482 e. The van der Waals surface area contributed by atoms with Gasteiger partial charge in [-0.2, -0.15) is 0 Å². The van der Waals surface area contributed by atoms with Crippen LogP contribution < -0.4 is 20.3 Å². The molecule has 2 aromatic carbocycles. The second-order valence-corrected chi connectivity index (χ2v) is 8.89. The molecule has 1 aliphatic rings. The Morgan fingerprint density at radius 1 is 1.22 bits per heavy atom. The third-order valence-electron chi connectivity index (χ3n) is 5.43. The van der Waals surface area contributed by atoms with Gasteiger partial charge in [0, 0.05) is 18.8 Å². The van der Waals surface area contributed by atoms with Gasteiger partial charge in [-0.3, -0.25) is 4.79 Å². The van der Waals surface area contributed by atoms with Gasteiger partial charge >= 0.3 is 6.03 Å². The first-order valence-electron chi connectivity index (χ1n) is 10.6. The van der Waals surface area contributed by atoms with Crippen LogP contribution in [0.4, 0.5) is 16.2 Å². The first-order valence-corrected chi connectivity index (χ1v) is 10.6. The zero-order valence-corrected chi connectivity index (χ0v) is 19.5. The van der Waals surface area contributed by atoms with E-state index in [4.69, 9.17) is 4.74 Å². The highest BCUT2D eigenvalue weighted by Crippen LogP contribution is 2.34. The molecule has 0 bridgehead atoms. The van der Waals surface area contributed by atoms with E-state index in [0.29, 0.717) is 23.7 Å². The summed E-state index contributed by atoms with van der Waals surface area (Å²) >= 11 is 0. The molecule has 0 saturated heterocycles. The van der Waals surface area contributed by atoms with Crippen LogP contribution in [0.25, 0.3) is 5.57 Å². The minimum atomic E-state index is -0.597. The number of nitrogens with zero attached hydrogens (tertiary/aromatic N) is 2. The van der Waals surface area contributed by atoms with Crippen molar-refractivity contribution in [3.63, 3.8) is 0 Å². The van der Waals surface area contributed by atoms with Crippen LogP contribution in [0.5, 0.6) is 5.75 Å². The van der Waals surface area contributed by atoms with Crippen molar-refractivity contribution in [2.75, 3.05) is 44.0 Å². The zero-order valence-electron chi connectivity index (χ0n) is 19.5. The maximum atomic E-state index is 12.8. The Morgan fingerprint density at radius 2 is 1.97 bits per heavy atom. The maximum absolute atomic E-state index is 12.8. The van der Waals surface area contributed by atoms with E-state index < -0.39 is 5.54 Å². The quantitative estimate of drug-likeness (QED) is 0.686. The standard InChI is InChI=1S/C25H32N4O3/c1-17(2)18-8-7-9-19(14-18)25(3,4)27-24(31)26-20-10-11-22-21(15-20)29(13-12-28(5)6)23(30)16-32-22/h7-11,14-15H,1,12-13,16H2,2-6H3,(H2,26,27,31). The van der Waals surface area contributed by atoms with E-state index in [1.807, 2.05) is 64.0 Å². The Kier molecular flexibility index (Phi) is 6.89. The van der Waals surface area contributed by atoms with E-state index in [2.05, 4.69) is 17.2 Å².